The van der Waals surface area contributed by atoms with Gasteiger partial charge in [0.1, 0.15) is 12.7 Å². The number of carbonyl (C=O) groups is 1. The maximum atomic E-state index is 11.5. The Balaban J connectivity index is 0.000000563. The van der Waals surface area contributed by atoms with Crippen LogP contribution in [0.3, 0.4) is 0 Å². The Labute approximate surface area is 212 Å². The standard InChI is InChI=1S/C15H22O3.C8H9Cl.C6H14O/c1-11-6-8-13(9-7-11)10-17-14(16)18-12(2)15(3,4)5;1-7-2-4-8(6-9)5-3-7;1-5(7)6(2,3)4/h6-9,12H,10H2,1-5H3;2-5H,6H2,1H3;5,7H,1-4H3. The SMILES string of the molecule is CC(O)C(C)(C)C.Cc1ccc(CCl)cc1.Cc1ccc(COC(=O)OC(C)C(C)(C)C)cc1. The molecule has 0 bridgehead atoms. The lowest BCUT2D eigenvalue weighted by atomic mass is 9.90. The van der Waals surface area contributed by atoms with Crippen LogP contribution >= 0.6 is 11.6 Å². The van der Waals surface area contributed by atoms with E-state index in [1.807, 2.05) is 91.8 Å². The Kier molecular flexibility index (Phi) is 14.2. The van der Waals surface area contributed by atoms with Crippen LogP contribution in [0.15, 0.2) is 48.5 Å². The number of hydrogen-bond acceptors (Lipinski definition) is 4. The lowest BCUT2D eigenvalue weighted by Gasteiger charge is -2.26. The zero-order valence-electron chi connectivity index (χ0n) is 22.7. The first kappa shape index (κ1) is 32.0. The molecule has 0 heterocycles. The van der Waals surface area contributed by atoms with E-state index in [0.29, 0.717) is 5.88 Å². The van der Waals surface area contributed by atoms with Gasteiger partial charge in [-0.1, -0.05) is 101 Å². The fraction of sp³-hybridized carbons (Fsp3) is 0.552. The topological polar surface area (TPSA) is 55.8 Å². The lowest BCUT2D eigenvalue weighted by molar-refractivity contribution is -0.0118. The highest BCUT2D eigenvalue weighted by Gasteiger charge is 2.24. The molecule has 5 heteroatoms. The molecular weight excluding hydrogens is 448 g/mol. The second-order valence-electron chi connectivity index (χ2n) is 10.8. The maximum Gasteiger partial charge on any atom is 0.508 e. The number of ether oxygens (including phenoxy) is 2. The van der Waals surface area contributed by atoms with Crippen LogP contribution in [0.5, 0.6) is 0 Å². The van der Waals surface area contributed by atoms with Crippen molar-refractivity contribution in [1.29, 1.82) is 0 Å². The van der Waals surface area contributed by atoms with E-state index in [0.717, 1.165) is 5.56 Å². The summed E-state index contributed by atoms with van der Waals surface area (Å²) >= 11 is 5.58. The highest BCUT2D eigenvalue weighted by Crippen LogP contribution is 2.22. The van der Waals surface area contributed by atoms with E-state index in [1.165, 1.54) is 16.7 Å². The third-order valence-corrected chi connectivity index (χ3v) is 5.81. The molecule has 2 aromatic carbocycles. The van der Waals surface area contributed by atoms with Crippen molar-refractivity contribution in [3.63, 3.8) is 0 Å². The first-order valence-electron chi connectivity index (χ1n) is 11.7. The number of benzene rings is 2. The molecule has 2 atom stereocenters. The van der Waals surface area contributed by atoms with Gasteiger partial charge >= 0.3 is 6.16 Å². The molecule has 0 aliphatic heterocycles. The zero-order valence-corrected chi connectivity index (χ0v) is 23.5. The molecule has 0 aliphatic carbocycles. The molecule has 2 unspecified atom stereocenters. The molecule has 2 aromatic rings. The Hall–Kier alpha value is -2.04. The van der Waals surface area contributed by atoms with Crippen molar-refractivity contribution < 1.29 is 19.4 Å². The van der Waals surface area contributed by atoms with Crippen molar-refractivity contribution in [1.82, 2.24) is 0 Å². The first-order chi connectivity index (χ1) is 15.6. The molecule has 192 valence electrons. The van der Waals surface area contributed by atoms with Crippen LogP contribution in [-0.4, -0.2) is 23.5 Å². The molecule has 0 amide bonds. The van der Waals surface area contributed by atoms with Gasteiger partial charge in [-0.25, -0.2) is 4.79 Å². The fourth-order valence-corrected chi connectivity index (χ4v) is 2.04. The van der Waals surface area contributed by atoms with E-state index in [4.69, 9.17) is 26.2 Å². The fourth-order valence-electron chi connectivity index (χ4n) is 1.86. The number of hydrogen-bond donors (Lipinski definition) is 1. The van der Waals surface area contributed by atoms with Gasteiger partial charge in [-0.3, -0.25) is 0 Å². The molecule has 34 heavy (non-hydrogen) atoms. The van der Waals surface area contributed by atoms with E-state index in [-0.39, 0.29) is 29.6 Å². The minimum Gasteiger partial charge on any atom is -0.431 e. The highest BCUT2D eigenvalue weighted by atomic mass is 35.5. The van der Waals surface area contributed by atoms with Gasteiger partial charge < -0.3 is 14.6 Å². The van der Waals surface area contributed by atoms with Crippen LogP contribution < -0.4 is 0 Å². The van der Waals surface area contributed by atoms with Crippen LogP contribution in [0.2, 0.25) is 0 Å². The number of aliphatic hydroxyl groups excluding tert-OH is 1. The molecule has 4 nitrogen and oxygen atoms in total. The van der Waals surface area contributed by atoms with Crippen molar-refractivity contribution in [2.75, 3.05) is 0 Å². The van der Waals surface area contributed by atoms with E-state index in [2.05, 4.69) is 19.1 Å². The molecule has 0 aliphatic rings. The van der Waals surface area contributed by atoms with Crippen molar-refractivity contribution in [3.8, 4) is 0 Å². The summed E-state index contributed by atoms with van der Waals surface area (Å²) < 4.78 is 10.3. The van der Waals surface area contributed by atoms with Gasteiger partial charge in [0.2, 0.25) is 0 Å². The van der Waals surface area contributed by atoms with E-state index >= 15 is 0 Å². The van der Waals surface area contributed by atoms with Gasteiger partial charge in [-0.05, 0) is 49.7 Å². The molecule has 0 fully saturated rings. The number of carbonyl (C=O) groups excluding carboxylic acids is 1. The van der Waals surface area contributed by atoms with Gasteiger partial charge in [0.25, 0.3) is 0 Å². The average molecular weight is 493 g/mol. The van der Waals surface area contributed by atoms with Crippen LogP contribution in [0.1, 0.15) is 77.6 Å². The summed E-state index contributed by atoms with van der Waals surface area (Å²) in [6, 6.07) is 16.1. The minimum absolute atomic E-state index is 0.0556. The Morgan fingerprint density at radius 2 is 1.21 bits per heavy atom. The number of aryl methyl sites for hydroxylation is 2. The number of aliphatic hydroxyl groups is 1. The minimum atomic E-state index is -0.613. The zero-order chi connectivity index (χ0) is 26.5. The molecule has 0 spiro atoms. The Bertz CT molecular complexity index is 813. The lowest BCUT2D eigenvalue weighted by Crippen LogP contribution is -2.28. The van der Waals surface area contributed by atoms with Crippen molar-refractivity contribution in [2.24, 2.45) is 10.8 Å². The van der Waals surface area contributed by atoms with Crippen LogP contribution in [0, 0.1) is 24.7 Å². The smallest absolute Gasteiger partial charge is 0.431 e. The first-order valence-corrected chi connectivity index (χ1v) is 12.3. The van der Waals surface area contributed by atoms with E-state index < -0.39 is 6.16 Å². The van der Waals surface area contributed by atoms with Crippen molar-refractivity contribution >= 4 is 17.8 Å². The number of alkyl halides is 1. The van der Waals surface area contributed by atoms with E-state index in [9.17, 15) is 4.79 Å². The predicted molar refractivity (Wildman–Crippen MR) is 143 cm³/mol. The van der Waals surface area contributed by atoms with Gasteiger partial charge in [-0.2, -0.15) is 0 Å². The monoisotopic (exact) mass is 492 g/mol. The summed E-state index contributed by atoms with van der Waals surface area (Å²) in [6.07, 6.45) is -0.992. The molecule has 0 radical (unpaired) electrons. The number of halogens is 1. The largest absolute Gasteiger partial charge is 0.508 e. The summed E-state index contributed by atoms with van der Waals surface area (Å²) in [5, 5.41) is 8.89. The second kappa shape index (κ2) is 15.1. The highest BCUT2D eigenvalue weighted by molar-refractivity contribution is 6.17. The van der Waals surface area contributed by atoms with Gasteiger partial charge in [0.15, 0.2) is 0 Å². The van der Waals surface area contributed by atoms with Crippen LogP contribution in [-0.2, 0) is 22.0 Å². The van der Waals surface area contributed by atoms with Gasteiger partial charge in [0.05, 0.1) is 6.10 Å². The third-order valence-electron chi connectivity index (χ3n) is 5.50. The van der Waals surface area contributed by atoms with Gasteiger partial charge in [-0.15, -0.1) is 11.6 Å². The quantitative estimate of drug-likeness (QED) is 0.345. The summed E-state index contributed by atoms with van der Waals surface area (Å²) in [6.45, 7) is 20.1. The van der Waals surface area contributed by atoms with Crippen LogP contribution in [0.4, 0.5) is 4.79 Å². The summed E-state index contributed by atoms with van der Waals surface area (Å²) in [5.74, 6) is 0.611. The molecule has 2 rings (SSSR count). The van der Waals surface area contributed by atoms with Gasteiger partial charge in [0, 0.05) is 5.88 Å². The Morgan fingerprint density at radius 3 is 1.53 bits per heavy atom. The molecule has 0 aromatic heterocycles. The normalized spacial score (nSPS) is 12.8. The third kappa shape index (κ3) is 15.0. The molecule has 1 N–H and O–H groups in total. The summed E-state index contributed by atoms with van der Waals surface area (Å²) in [5.41, 5.74) is 4.58. The average Bonchev–Trinajstić information content (AvgIpc) is 2.73. The Morgan fingerprint density at radius 1 is 0.824 bits per heavy atom. The second-order valence-corrected chi connectivity index (χ2v) is 11.1. The molecule has 0 saturated heterocycles. The van der Waals surface area contributed by atoms with Crippen molar-refractivity contribution in [3.05, 3.63) is 70.8 Å². The predicted octanol–water partition coefficient (Wildman–Crippen LogP) is 8.23. The molecular formula is C29H45ClO4. The summed E-state index contributed by atoms with van der Waals surface area (Å²) in [7, 11) is 0. The van der Waals surface area contributed by atoms with E-state index in [1.54, 1.807) is 6.92 Å². The van der Waals surface area contributed by atoms with Crippen LogP contribution in [0.25, 0.3) is 0 Å². The van der Waals surface area contributed by atoms with Crippen molar-refractivity contribution in [2.45, 2.75) is 93.9 Å². The number of rotatable bonds is 4. The summed E-state index contributed by atoms with van der Waals surface area (Å²) in [4.78, 5) is 11.5. The molecule has 0 saturated carbocycles. The maximum absolute atomic E-state index is 11.5.